The van der Waals surface area contributed by atoms with Gasteiger partial charge < -0.3 is 21.1 Å². The van der Waals surface area contributed by atoms with E-state index in [1.807, 2.05) is 54.6 Å². The molecule has 0 aliphatic heterocycles. The lowest BCUT2D eigenvalue weighted by atomic mass is 10.1. The Morgan fingerprint density at radius 3 is 2.30 bits per heavy atom. The maximum Gasteiger partial charge on any atom is 0.407 e. The van der Waals surface area contributed by atoms with Crippen molar-refractivity contribution in [3.63, 3.8) is 0 Å². The van der Waals surface area contributed by atoms with Crippen LogP contribution in [0.15, 0.2) is 59.1 Å². The molecule has 142 valence electrons. The number of halogens is 1. The number of hydrogen-bond donors (Lipinski definition) is 3. The number of alkyl carbamates (subject to hydrolysis) is 1. The van der Waals surface area contributed by atoms with Crippen LogP contribution in [0.25, 0.3) is 0 Å². The molecule has 0 unspecified atom stereocenters. The van der Waals surface area contributed by atoms with Crippen LogP contribution >= 0.6 is 15.9 Å². The van der Waals surface area contributed by atoms with Gasteiger partial charge in [-0.3, -0.25) is 9.59 Å². The Morgan fingerprint density at radius 1 is 1.00 bits per heavy atom. The zero-order chi connectivity index (χ0) is 19.6. The normalized spacial score (nSPS) is 11.3. The van der Waals surface area contributed by atoms with Crippen molar-refractivity contribution in [1.82, 2.24) is 10.6 Å². The number of nitrogens with two attached hydrogens (primary N) is 1. The summed E-state index contributed by atoms with van der Waals surface area (Å²) in [6.07, 6.45) is -0.468. The zero-order valence-corrected chi connectivity index (χ0v) is 16.1. The summed E-state index contributed by atoms with van der Waals surface area (Å²) in [4.78, 5) is 35.2. The van der Waals surface area contributed by atoms with Crippen LogP contribution in [0.3, 0.4) is 0 Å². The van der Waals surface area contributed by atoms with Crippen molar-refractivity contribution >= 4 is 33.8 Å². The van der Waals surface area contributed by atoms with Gasteiger partial charge in [0.25, 0.3) is 0 Å². The lowest BCUT2D eigenvalue weighted by Gasteiger charge is -2.16. The highest BCUT2D eigenvalue weighted by molar-refractivity contribution is 9.10. The van der Waals surface area contributed by atoms with E-state index in [0.717, 1.165) is 15.6 Å². The topological polar surface area (TPSA) is 111 Å². The van der Waals surface area contributed by atoms with Gasteiger partial charge in [-0.15, -0.1) is 0 Å². The molecular weight excluding hydrogens is 414 g/mol. The molecule has 2 aromatic rings. The number of nitrogens with one attached hydrogen (secondary N) is 2. The minimum absolute atomic E-state index is 0.0990. The monoisotopic (exact) mass is 433 g/mol. The smallest absolute Gasteiger partial charge is 0.407 e. The summed E-state index contributed by atoms with van der Waals surface area (Å²) in [6.45, 7) is -0.223. The first-order chi connectivity index (χ1) is 12.9. The third-order valence-electron chi connectivity index (χ3n) is 3.64. The highest BCUT2D eigenvalue weighted by atomic mass is 79.9. The zero-order valence-electron chi connectivity index (χ0n) is 14.5. The molecule has 0 bridgehead atoms. The molecule has 7 nitrogen and oxygen atoms in total. The van der Waals surface area contributed by atoms with Gasteiger partial charge in [-0.05, 0) is 23.3 Å². The van der Waals surface area contributed by atoms with E-state index in [9.17, 15) is 14.4 Å². The molecule has 0 fully saturated rings. The van der Waals surface area contributed by atoms with Crippen LogP contribution < -0.4 is 16.4 Å². The van der Waals surface area contributed by atoms with Crippen molar-refractivity contribution in [3.05, 3.63) is 70.2 Å². The fourth-order valence-corrected chi connectivity index (χ4v) is 2.52. The van der Waals surface area contributed by atoms with E-state index in [2.05, 4.69) is 26.6 Å². The standard InChI is InChI=1S/C19H20BrN3O4/c20-15-8-6-13(7-9-15)10-16(18(21)25)23-17(24)11-22-19(26)27-12-14-4-2-1-3-5-14/h1-9,16H,10-12H2,(H2,21,25)(H,22,26)(H,23,24)/t16-/m1/s1. The number of benzene rings is 2. The van der Waals surface area contributed by atoms with Gasteiger partial charge in [0.1, 0.15) is 19.2 Å². The first kappa shape index (κ1) is 20.4. The highest BCUT2D eigenvalue weighted by Gasteiger charge is 2.19. The number of primary amides is 1. The van der Waals surface area contributed by atoms with Gasteiger partial charge in [-0.25, -0.2) is 4.79 Å². The molecule has 0 saturated carbocycles. The van der Waals surface area contributed by atoms with Gasteiger partial charge in [-0.1, -0.05) is 58.4 Å². The van der Waals surface area contributed by atoms with Crippen LogP contribution in [-0.4, -0.2) is 30.5 Å². The van der Waals surface area contributed by atoms with Crippen LogP contribution in [0, 0.1) is 0 Å². The van der Waals surface area contributed by atoms with Crippen LogP contribution in [0.1, 0.15) is 11.1 Å². The molecule has 27 heavy (non-hydrogen) atoms. The number of carbonyl (C=O) groups is 3. The van der Waals surface area contributed by atoms with E-state index in [-0.39, 0.29) is 19.6 Å². The molecule has 1 atom stereocenters. The summed E-state index contributed by atoms with van der Waals surface area (Å²) in [5, 5.41) is 4.85. The second-order valence-electron chi connectivity index (χ2n) is 5.77. The summed E-state index contributed by atoms with van der Waals surface area (Å²) < 4.78 is 5.92. The van der Waals surface area contributed by atoms with Crippen LogP contribution in [0.2, 0.25) is 0 Å². The molecule has 4 N–H and O–H groups in total. The number of ether oxygens (including phenoxy) is 1. The van der Waals surface area contributed by atoms with E-state index >= 15 is 0 Å². The summed E-state index contributed by atoms with van der Waals surface area (Å²) in [5.74, 6) is -1.19. The summed E-state index contributed by atoms with van der Waals surface area (Å²) in [7, 11) is 0. The first-order valence-electron chi connectivity index (χ1n) is 8.21. The van der Waals surface area contributed by atoms with E-state index in [1.165, 1.54) is 0 Å². The third-order valence-corrected chi connectivity index (χ3v) is 4.17. The highest BCUT2D eigenvalue weighted by Crippen LogP contribution is 2.12. The Labute approximate surface area is 165 Å². The van der Waals surface area contributed by atoms with E-state index < -0.39 is 23.9 Å². The van der Waals surface area contributed by atoms with Gasteiger partial charge in [-0.2, -0.15) is 0 Å². The molecule has 0 aliphatic rings. The molecule has 0 aliphatic carbocycles. The Kier molecular flexibility index (Phi) is 7.81. The molecule has 0 radical (unpaired) electrons. The summed E-state index contributed by atoms with van der Waals surface area (Å²) in [5.41, 5.74) is 7.03. The van der Waals surface area contributed by atoms with Gasteiger partial charge in [0, 0.05) is 10.9 Å². The molecule has 0 spiro atoms. The Balaban J connectivity index is 1.77. The van der Waals surface area contributed by atoms with E-state index in [1.54, 1.807) is 0 Å². The van der Waals surface area contributed by atoms with Gasteiger partial charge in [0.2, 0.25) is 11.8 Å². The molecule has 0 saturated heterocycles. The Hall–Kier alpha value is -2.87. The number of carbonyl (C=O) groups excluding carboxylic acids is 3. The predicted molar refractivity (Wildman–Crippen MR) is 104 cm³/mol. The number of amides is 3. The number of hydrogen-bond acceptors (Lipinski definition) is 4. The molecule has 0 aromatic heterocycles. The average molecular weight is 434 g/mol. The second-order valence-corrected chi connectivity index (χ2v) is 6.68. The van der Waals surface area contributed by atoms with E-state index in [0.29, 0.717) is 0 Å². The summed E-state index contributed by atoms with van der Waals surface area (Å²) >= 11 is 3.33. The summed E-state index contributed by atoms with van der Waals surface area (Å²) in [6, 6.07) is 15.6. The lowest BCUT2D eigenvalue weighted by molar-refractivity contribution is -0.126. The van der Waals surface area contributed by atoms with Crippen LogP contribution in [-0.2, 0) is 27.4 Å². The van der Waals surface area contributed by atoms with Crippen LogP contribution in [0.4, 0.5) is 4.79 Å². The van der Waals surface area contributed by atoms with Gasteiger partial charge >= 0.3 is 6.09 Å². The van der Waals surface area contributed by atoms with Gasteiger partial charge in [0.15, 0.2) is 0 Å². The minimum Gasteiger partial charge on any atom is -0.445 e. The molecule has 2 aromatic carbocycles. The largest absolute Gasteiger partial charge is 0.445 e. The van der Waals surface area contributed by atoms with Gasteiger partial charge in [0.05, 0.1) is 0 Å². The van der Waals surface area contributed by atoms with Crippen molar-refractivity contribution < 1.29 is 19.1 Å². The maximum absolute atomic E-state index is 12.0. The SMILES string of the molecule is NC(=O)[C@@H](Cc1ccc(Br)cc1)NC(=O)CNC(=O)OCc1ccccc1. The first-order valence-corrected chi connectivity index (χ1v) is 9.01. The van der Waals surface area contributed by atoms with Crippen LogP contribution in [0.5, 0.6) is 0 Å². The lowest BCUT2D eigenvalue weighted by Crippen LogP contribution is -2.49. The second kappa shape index (κ2) is 10.3. The number of rotatable bonds is 8. The van der Waals surface area contributed by atoms with Crippen molar-refractivity contribution in [2.75, 3.05) is 6.54 Å². The van der Waals surface area contributed by atoms with Crippen molar-refractivity contribution in [3.8, 4) is 0 Å². The van der Waals surface area contributed by atoms with Crippen molar-refractivity contribution in [2.24, 2.45) is 5.73 Å². The third kappa shape index (κ3) is 7.49. The average Bonchev–Trinajstić information content (AvgIpc) is 2.66. The quantitative estimate of drug-likeness (QED) is 0.589. The maximum atomic E-state index is 12.0. The van der Waals surface area contributed by atoms with Crippen molar-refractivity contribution in [2.45, 2.75) is 19.1 Å². The minimum atomic E-state index is -0.874. The molecule has 8 heteroatoms. The van der Waals surface area contributed by atoms with E-state index in [4.69, 9.17) is 10.5 Å². The molecule has 0 heterocycles. The fourth-order valence-electron chi connectivity index (χ4n) is 2.25. The fraction of sp³-hybridized carbons (Fsp3) is 0.211. The molecule has 3 amide bonds. The predicted octanol–water partition coefficient (Wildman–Crippen LogP) is 1.89. The Bertz CT molecular complexity index is 781. The molecular formula is C19H20BrN3O4. The molecule has 2 rings (SSSR count). The van der Waals surface area contributed by atoms with Crippen molar-refractivity contribution in [1.29, 1.82) is 0 Å². The Morgan fingerprint density at radius 2 is 1.67 bits per heavy atom.